The van der Waals surface area contributed by atoms with E-state index in [1.807, 2.05) is 34.6 Å². The number of hydrogen-bond acceptors (Lipinski definition) is 5. The second kappa shape index (κ2) is 6.72. The molecule has 0 N–H and O–H groups in total. The standard InChI is InChI=1S/C18H24N4O3/c1-12-19-20-17-7-6-13(10-22(12)17)18(23)21-8-9-25-11-15(21)14-4-3-5-16(14)24-2/h6-7,10,14-16H,3-5,8-9,11H2,1-2H3/t14-,15+,16-/m1/s1. The van der Waals surface area contributed by atoms with E-state index < -0.39 is 0 Å². The van der Waals surface area contributed by atoms with Crippen molar-refractivity contribution in [2.75, 3.05) is 26.9 Å². The molecule has 1 amide bonds. The van der Waals surface area contributed by atoms with Gasteiger partial charge in [-0.3, -0.25) is 9.20 Å². The van der Waals surface area contributed by atoms with Crippen LogP contribution in [0.4, 0.5) is 0 Å². The third-order valence-electron chi connectivity index (χ3n) is 5.55. The quantitative estimate of drug-likeness (QED) is 0.848. The van der Waals surface area contributed by atoms with Crippen LogP contribution in [0.1, 0.15) is 35.4 Å². The van der Waals surface area contributed by atoms with E-state index in [0.717, 1.165) is 30.7 Å². The number of hydrogen-bond donors (Lipinski definition) is 0. The Kier molecular flexibility index (Phi) is 4.43. The maximum atomic E-state index is 13.2. The highest BCUT2D eigenvalue weighted by Crippen LogP contribution is 2.34. The van der Waals surface area contributed by atoms with Crippen molar-refractivity contribution < 1.29 is 14.3 Å². The second-order valence-electron chi connectivity index (χ2n) is 6.90. The van der Waals surface area contributed by atoms with Crippen molar-refractivity contribution >= 4 is 11.6 Å². The Hall–Kier alpha value is -1.99. The van der Waals surface area contributed by atoms with E-state index in [-0.39, 0.29) is 18.1 Å². The number of carbonyl (C=O) groups excluding carboxylic acids is 1. The van der Waals surface area contributed by atoms with Crippen LogP contribution in [0.25, 0.3) is 5.65 Å². The molecule has 0 bridgehead atoms. The molecule has 1 aliphatic carbocycles. The molecule has 2 fully saturated rings. The lowest BCUT2D eigenvalue weighted by atomic mass is 9.93. The van der Waals surface area contributed by atoms with Gasteiger partial charge >= 0.3 is 0 Å². The van der Waals surface area contributed by atoms with Gasteiger partial charge < -0.3 is 14.4 Å². The summed E-state index contributed by atoms with van der Waals surface area (Å²) >= 11 is 0. The predicted molar refractivity (Wildman–Crippen MR) is 91.5 cm³/mol. The lowest BCUT2D eigenvalue weighted by Gasteiger charge is -2.40. The molecule has 3 heterocycles. The number of nitrogens with zero attached hydrogens (tertiary/aromatic N) is 4. The molecule has 7 nitrogen and oxygen atoms in total. The van der Waals surface area contributed by atoms with Crippen LogP contribution in [0, 0.1) is 12.8 Å². The van der Waals surface area contributed by atoms with E-state index in [1.165, 1.54) is 0 Å². The fourth-order valence-corrected chi connectivity index (χ4v) is 4.21. The molecule has 0 radical (unpaired) electrons. The summed E-state index contributed by atoms with van der Waals surface area (Å²) in [4.78, 5) is 15.2. The summed E-state index contributed by atoms with van der Waals surface area (Å²) in [5, 5.41) is 8.14. The van der Waals surface area contributed by atoms with E-state index in [1.54, 1.807) is 7.11 Å². The lowest BCUT2D eigenvalue weighted by Crippen LogP contribution is -2.53. The van der Waals surface area contributed by atoms with Gasteiger partial charge in [0.15, 0.2) is 5.65 Å². The van der Waals surface area contributed by atoms with Crippen molar-refractivity contribution in [3.63, 3.8) is 0 Å². The van der Waals surface area contributed by atoms with E-state index in [0.29, 0.717) is 31.2 Å². The third-order valence-corrected chi connectivity index (χ3v) is 5.55. The molecule has 7 heteroatoms. The highest BCUT2D eigenvalue weighted by atomic mass is 16.5. The smallest absolute Gasteiger partial charge is 0.255 e. The van der Waals surface area contributed by atoms with Crippen molar-refractivity contribution in [1.82, 2.24) is 19.5 Å². The molecule has 1 saturated carbocycles. The Morgan fingerprint density at radius 1 is 1.32 bits per heavy atom. The monoisotopic (exact) mass is 344 g/mol. The molecule has 0 aromatic carbocycles. The summed E-state index contributed by atoms with van der Waals surface area (Å²) in [6.45, 7) is 3.67. The number of aryl methyl sites for hydroxylation is 1. The largest absolute Gasteiger partial charge is 0.381 e. The van der Waals surface area contributed by atoms with E-state index in [4.69, 9.17) is 9.47 Å². The molecule has 0 unspecified atom stereocenters. The molecule has 25 heavy (non-hydrogen) atoms. The van der Waals surface area contributed by atoms with Crippen molar-refractivity contribution in [3.8, 4) is 0 Å². The summed E-state index contributed by atoms with van der Waals surface area (Å²) < 4.78 is 13.2. The highest BCUT2D eigenvalue weighted by Gasteiger charge is 2.40. The number of ether oxygens (including phenoxy) is 2. The zero-order valence-electron chi connectivity index (χ0n) is 14.7. The van der Waals surface area contributed by atoms with Gasteiger partial charge in [-0.05, 0) is 31.9 Å². The minimum absolute atomic E-state index is 0.0463. The molecule has 1 aliphatic heterocycles. The van der Waals surface area contributed by atoms with Crippen molar-refractivity contribution in [2.45, 2.75) is 38.3 Å². The van der Waals surface area contributed by atoms with Gasteiger partial charge in [-0.25, -0.2) is 0 Å². The van der Waals surface area contributed by atoms with Crippen LogP contribution in [-0.2, 0) is 9.47 Å². The number of methoxy groups -OCH3 is 1. The number of morpholine rings is 1. The van der Waals surface area contributed by atoms with Gasteiger partial charge in [0, 0.05) is 25.8 Å². The van der Waals surface area contributed by atoms with Gasteiger partial charge in [0.1, 0.15) is 5.82 Å². The van der Waals surface area contributed by atoms with Crippen molar-refractivity contribution in [3.05, 3.63) is 29.7 Å². The van der Waals surface area contributed by atoms with Crippen LogP contribution in [0.2, 0.25) is 0 Å². The molecule has 2 aliphatic rings. The topological polar surface area (TPSA) is 69.0 Å². The van der Waals surface area contributed by atoms with Crippen LogP contribution >= 0.6 is 0 Å². The van der Waals surface area contributed by atoms with E-state index in [9.17, 15) is 4.79 Å². The van der Waals surface area contributed by atoms with Gasteiger partial charge in [-0.2, -0.15) is 0 Å². The second-order valence-corrected chi connectivity index (χ2v) is 6.90. The number of amides is 1. The Bertz CT molecular complexity index is 775. The minimum Gasteiger partial charge on any atom is -0.381 e. The van der Waals surface area contributed by atoms with Crippen molar-refractivity contribution in [1.29, 1.82) is 0 Å². The SMILES string of the molecule is CO[C@@H]1CCC[C@@H]1[C@@H]1COCCN1C(=O)c1ccc2nnc(C)n2c1. The molecule has 2 aromatic heterocycles. The summed E-state index contributed by atoms with van der Waals surface area (Å²) in [5.41, 5.74) is 1.41. The zero-order valence-corrected chi connectivity index (χ0v) is 14.7. The van der Waals surface area contributed by atoms with Gasteiger partial charge in [0.2, 0.25) is 0 Å². The van der Waals surface area contributed by atoms with Crippen LogP contribution in [0.3, 0.4) is 0 Å². The van der Waals surface area contributed by atoms with Gasteiger partial charge in [-0.15, -0.1) is 10.2 Å². The van der Waals surface area contributed by atoms with Crippen LogP contribution in [-0.4, -0.2) is 64.4 Å². The average Bonchev–Trinajstić information content (AvgIpc) is 3.27. The number of pyridine rings is 1. The summed E-state index contributed by atoms with van der Waals surface area (Å²) in [6, 6.07) is 3.75. The molecule has 3 atom stereocenters. The van der Waals surface area contributed by atoms with Crippen molar-refractivity contribution in [2.24, 2.45) is 5.92 Å². The maximum Gasteiger partial charge on any atom is 0.255 e. The molecule has 4 rings (SSSR count). The van der Waals surface area contributed by atoms with Gasteiger partial charge in [0.05, 0.1) is 30.9 Å². The molecule has 2 aromatic rings. The van der Waals surface area contributed by atoms with E-state index in [2.05, 4.69) is 10.2 Å². The first-order valence-corrected chi connectivity index (χ1v) is 8.92. The lowest BCUT2D eigenvalue weighted by molar-refractivity contribution is -0.0460. The first kappa shape index (κ1) is 16.5. The Morgan fingerprint density at radius 2 is 2.20 bits per heavy atom. The minimum atomic E-state index is 0.0463. The number of carbonyl (C=O) groups is 1. The summed E-state index contributed by atoms with van der Waals surface area (Å²) in [7, 11) is 1.77. The van der Waals surface area contributed by atoms with Crippen LogP contribution < -0.4 is 0 Å². The van der Waals surface area contributed by atoms with Crippen LogP contribution in [0.5, 0.6) is 0 Å². The summed E-state index contributed by atoms with van der Waals surface area (Å²) in [6.07, 6.45) is 5.34. The first-order valence-electron chi connectivity index (χ1n) is 8.92. The summed E-state index contributed by atoms with van der Waals surface area (Å²) in [5.74, 6) is 1.16. The Labute approximate surface area is 146 Å². The highest BCUT2D eigenvalue weighted by molar-refractivity contribution is 5.94. The van der Waals surface area contributed by atoms with Gasteiger partial charge in [-0.1, -0.05) is 6.42 Å². The molecular weight excluding hydrogens is 320 g/mol. The Morgan fingerprint density at radius 3 is 3.04 bits per heavy atom. The fourth-order valence-electron chi connectivity index (χ4n) is 4.21. The number of fused-ring (bicyclic) bond motifs is 1. The van der Waals surface area contributed by atoms with Crippen LogP contribution in [0.15, 0.2) is 18.3 Å². The fraction of sp³-hybridized carbons (Fsp3) is 0.611. The molecule has 1 saturated heterocycles. The molecule has 134 valence electrons. The van der Waals surface area contributed by atoms with E-state index >= 15 is 0 Å². The number of aromatic nitrogens is 3. The zero-order chi connectivity index (χ0) is 17.4. The molecule has 0 spiro atoms. The average molecular weight is 344 g/mol. The Balaban J connectivity index is 1.62. The molecular formula is C18H24N4O3. The number of rotatable bonds is 3. The third kappa shape index (κ3) is 2.91. The first-order chi connectivity index (χ1) is 12.2. The maximum absolute atomic E-state index is 13.2. The van der Waals surface area contributed by atoms with Gasteiger partial charge in [0.25, 0.3) is 5.91 Å². The normalized spacial score (nSPS) is 27.1. The predicted octanol–water partition coefficient (Wildman–Crippen LogP) is 1.69.